The minimum Gasteiger partial charge on any atom is -0.368 e. The average Bonchev–Trinajstić information content (AvgIpc) is 2.92. The molecular weight excluding hydrogens is 400 g/mol. The molecular formula is C15H21NO9P2. The van der Waals surface area contributed by atoms with Gasteiger partial charge in [-0.1, -0.05) is 12.1 Å². The Labute approximate surface area is 156 Å². The molecule has 1 aliphatic rings. The fraction of sp³-hybridized carbons (Fsp3) is 0.467. The zero-order valence-electron chi connectivity index (χ0n) is 15.0. The van der Waals surface area contributed by atoms with Crippen molar-refractivity contribution >= 4 is 27.0 Å². The summed E-state index contributed by atoms with van der Waals surface area (Å²) in [6, 6.07) is 6.28. The van der Waals surface area contributed by atoms with Crippen LogP contribution in [0.15, 0.2) is 24.3 Å². The minimum absolute atomic E-state index is 0.146. The molecule has 0 fully saturated rings. The van der Waals surface area contributed by atoms with Crippen molar-refractivity contribution in [2.45, 2.75) is 17.9 Å². The van der Waals surface area contributed by atoms with Crippen LogP contribution in [-0.4, -0.2) is 59.7 Å². The number of amides is 2. The molecule has 0 bridgehead atoms. The average molecular weight is 421 g/mol. The molecule has 0 saturated heterocycles. The van der Waals surface area contributed by atoms with Gasteiger partial charge in [0.15, 0.2) is 0 Å². The molecule has 2 unspecified atom stereocenters. The molecule has 0 aliphatic carbocycles. The first-order valence-corrected chi connectivity index (χ1v) is 11.0. The van der Waals surface area contributed by atoms with Crippen molar-refractivity contribution in [3.8, 4) is 0 Å². The molecule has 2 amide bonds. The number of imide groups is 1. The van der Waals surface area contributed by atoms with Crippen LogP contribution in [0.3, 0.4) is 0 Å². The van der Waals surface area contributed by atoms with E-state index in [1.807, 2.05) is 0 Å². The normalized spacial score (nSPS) is 18.9. The van der Waals surface area contributed by atoms with Gasteiger partial charge < -0.3 is 23.6 Å². The molecule has 1 aromatic carbocycles. The van der Waals surface area contributed by atoms with Gasteiger partial charge in [-0.25, -0.2) is 0 Å². The first kappa shape index (κ1) is 21.9. The molecule has 2 N–H and O–H groups in total. The van der Waals surface area contributed by atoms with Gasteiger partial charge in [0, 0.05) is 34.3 Å². The van der Waals surface area contributed by atoms with Crippen molar-refractivity contribution in [3.63, 3.8) is 0 Å². The quantitative estimate of drug-likeness (QED) is 0.453. The van der Waals surface area contributed by atoms with Gasteiger partial charge >= 0.3 is 15.2 Å². The Hall–Kier alpha value is -1.38. The van der Waals surface area contributed by atoms with Crippen LogP contribution in [0, 0.1) is 0 Å². The van der Waals surface area contributed by atoms with Crippen molar-refractivity contribution in [2.24, 2.45) is 0 Å². The number of nitrogens with zero attached hydrogens (tertiary/aromatic N) is 1. The summed E-state index contributed by atoms with van der Waals surface area (Å²) < 4.78 is 38.8. The van der Waals surface area contributed by atoms with Crippen molar-refractivity contribution in [3.05, 3.63) is 35.4 Å². The predicted octanol–water partition coefficient (Wildman–Crippen LogP) is 2.03. The van der Waals surface area contributed by atoms with Crippen LogP contribution in [0.4, 0.5) is 0 Å². The lowest BCUT2D eigenvalue weighted by atomic mass is 10.1. The monoisotopic (exact) mass is 421 g/mol. The first-order valence-electron chi connectivity index (χ1n) is 7.86. The highest BCUT2D eigenvalue weighted by atomic mass is 31.2. The van der Waals surface area contributed by atoms with Crippen LogP contribution in [0.25, 0.3) is 0 Å². The summed E-state index contributed by atoms with van der Waals surface area (Å²) in [5, 5.41) is 7.83. The summed E-state index contributed by atoms with van der Waals surface area (Å²) in [6.45, 7) is -0.175. The van der Waals surface area contributed by atoms with Crippen LogP contribution < -0.4 is 0 Å². The largest absolute Gasteiger partial charge is 0.374 e. The zero-order valence-corrected chi connectivity index (χ0v) is 16.8. The van der Waals surface area contributed by atoms with E-state index in [2.05, 4.69) is 13.6 Å². The van der Waals surface area contributed by atoms with Crippen LogP contribution in [-0.2, 0) is 22.7 Å². The Balaban J connectivity index is 2.20. The lowest BCUT2D eigenvalue weighted by Gasteiger charge is -2.35. The molecule has 0 spiro atoms. The van der Waals surface area contributed by atoms with Crippen LogP contribution in [0.1, 0.15) is 33.6 Å². The highest BCUT2D eigenvalue weighted by Crippen LogP contribution is 2.75. The molecule has 10 nitrogen and oxygen atoms in total. The smallest absolute Gasteiger partial charge is 0.368 e. The predicted molar refractivity (Wildman–Crippen MR) is 94.5 cm³/mol. The van der Waals surface area contributed by atoms with E-state index in [9.17, 15) is 28.7 Å². The lowest BCUT2D eigenvalue weighted by Crippen LogP contribution is -2.35. The molecule has 1 aliphatic heterocycles. The molecule has 2 atom stereocenters. The molecule has 12 heteroatoms. The number of benzene rings is 1. The van der Waals surface area contributed by atoms with Crippen LogP contribution in [0.2, 0.25) is 0 Å². The fourth-order valence-electron chi connectivity index (χ4n) is 2.86. The molecule has 1 heterocycles. The Bertz CT molecular complexity index is 799. The van der Waals surface area contributed by atoms with Crippen LogP contribution >= 0.6 is 15.2 Å². The second-order valence-corrected chi connectivity index (χ2v) is 10.7. The molecule has 0 saturated carbocycles. The Morgan fingerprint density at radius 3 is 1.89 bits per heavy atom. The number of carbonyl (C=O) groups is 2. The number of fused-ring (bicyclic) bond motifs is 1. The summed E-state index contributed by atoms with van der Waals surface area (Å²) in [7, 11) is -6.54. The van der Waals surface area contributed by atoms with E-state index in [4.69, 9.17) is 0 Å². The van der Waals surface area contributed by atoms with E-state index in [1.165, 1.54) is 12.1 Å². The summed E-state index contributed by atoms with van der Waals surface area (Å²) in [5.74, 6) is -1.03. The van der Waals surface area contributed by atoms with Gasteiger partial charge in [-0.15, -0.1) is 0 Å². The maximum Gasteiger partial charge on any atom is 0.374 e. The van der Waals surface area contributed by atoms with Crippen molar-refractivity contribution in [1.29, 1.82) is 0 Å². The first-order chi connectivity index (χ1) is 12.6. The topological polar surface area (TPSA) is 140 Å². The number of rotatable bonds is 9. The van der Waals surface area contributed by atoms with Gasteiger partial charge in [-0.05, 0) is 18.6 Å². The molecule has 0 radical (unpaired) electrons. The second-order valence-electron chi connectivity index (χ2n) is 5.75. The van der Waals surface area contributed by atoms with Gasteiger partial charge in [-0.3, -0.25) is 23.6 Å². The minimum atomic E-state index is -4.85. The van der Waals surface area contributed by atoms with E-state index in [-0.39, 0.29) is 24.1 Å². The van der Waals surface area contributed by atoms with Gasteiger partial charge in [0.05, 0.1) is 11.1 Å². The van der Waals surface area contributed by atoms with Gasteiger partial charge in [0.2, 0.25) is 0 Å². The third-order valence-electron chi connectivity index (χ3n) is 4.39. The highest BCUT2D eigenvalue weighted by molar-refractivity contribution is 7.73. The fourth-order valence-corrected chi connectivity index (χ4v) is 6.73. The number of carbonyl (C=O) groups excluding carboxylic acids is 2. The summed E-state index contributed by atoms with van der Waals surface area (Å²) in [4.78, 5) is 35.6. The molecule has 1 aromatic rings. The van der Waals surface area contributed by atoms with E-state index in [0.717, 1.165) is 26.2 Å². The SMILES string of the molecule is COP(=O)(O)C(O)(CCCN1C(=O)c2ccccc2C1=O)P(=O)(OC)OC. The number of hydrogen-bond acceptors (Lipinski definition) is 8. The maximum absolute atomic E-state index is 12.7. The van der Waals surface area contributed by atoms with Crippen molar-refractivity contribution < 1.29 is 42.3 Å². The molecule has 2 rings (SSSR count). The highest BCUT2D eigenvalue weighted by Gasteiger charge is 2.62. The van der Waals surface area contributed by atoms with E-state index in [1.54, 1.807) is 12.1 Å². The van der Waals surface area contributed by atoms with E-state index < -0.39 is 38.5 Å². The van der Waals surface area contributed by atoms with Gasteiger partial charge in [0.25, 0.3) is 16.9 Å². The second kappa shape index (κ2) is 7.93. The van der Waals surface area contributed by atoms with E-state index in [0.29, 0.717) is 0 Å². The van der Waals surface area contributed by atoms with Gasteiger partial charge in [-0.2, -0.15) is 0 Å². The van der Waals surface area contributed by atoms with E-state index >= 15 is 0 Å². The number of aliphatic hydroxyl groups is 1. The molecule has 0 aromatic heterocycles. The van der Waals surface area contributed by atoms with Gasteiger partial charge in [0.1, 0.15) is 0 Å². The van der Waals surface area contributed by atoms with Crippen molar-refractivity contribution in [2.75, 3.05) is 27.9 Å². The van der Waals surface area contributed by atoms with Crippen molar-refractivity contribution in [1.82, 2.24) is 4.90 Å². The van der Waals surface area contributed by atoms with Crippen LogP contribution in [0.5, 0.6) is 0 Å². The number of hydrogen-bond donors (Lipinski definition) is 2. The molecule has 27 heavy (non-hydrogen) atoms. The summed E-state index contributed by atoms with van der Waals surface area (Å²) >= 11 is 0. The third kappa shape index (κ3) is 3.54. The maximum atomic E-state index is 12.7. The Morgan fingerprint density at radius 2 is 1.48 bits per heavy atom. The third-order valence-corrected chi connectivity index (χ3v) is 9.57. The standard InChI is InChI=1S/C15H21NO9P2/c1-23-26(20,21)15(19,27(22,24-2)25-3)9-6-10-16-13(17)11-7-4-5-8-12(11)14(16)18/h4-5,7-8,19H,6,9-10H2,1-3H3,(H,20,21). The molecule has 150 valence electrons. The zero-order chi connectivity index (χ0) is 20.5. The summed E-state index contributed by atoms with van der Waals surface area (Å²) in [5.41, 5.74) is 0.504. The lowest BCUT2D eigenvalue weighted by molar-refractivity contribution is 0.0634. The summed E-state index contributed by atoms with van der Waals surface area (Å²) in [6.07, 6.45) is -0.729. The Kier molecular flexibility index (Phi) is 6.44. The Morgan fingerprint density at radius 1 is 1.00 bits per heavy atom.